The van der Waals surface area contributed by atoms with Gasteiger partial charge in [0.05, 0.1) is 5.69 Å². The Kier molecular flexibility index (Phi) is 3.85. The standard InChI is InChI=1S/C14H12BrFN2O/c1-8-2-3-12(15)13(4-8)18-14(19)9-5-10(16)7-11(17)6-9/h2-7H,17H2,1H3,(H,18,19). The molecule has 0 atom stereocenters. The van der Waals surface area contributed by atoms with Crippen LogP contribution in [-0.2, 0) is 0 Å². The summed E-state index contributed by atoms with van der Waals surface area (Å²) in [4.78, 5) is 12.0. The SMILES string of the molecule is Cc1ccc(Br)c(NC(=O)c2cc(N)cc(F)c2)c1. The van der Waals surface area contributed by atoms with Crippen LogP contribution in [0.15, 0.2) is 40.9 Å². The molecule has 0 spiro atoms. The topological polar surface area (TPSA) is 55.1 Å². The lowest BCUT2D eigenvalue weighted by atomic mass is 10.1. The monoisotopic (exact) mass is 322 g/mol. The van der Waals surface area contributed by atoms with Gasteiger partial charge in [-0.05, 0) is 58.7 Å². The van der Waals surface area contributed by atoms with Crippen molar-refractivity contribution < 1.29 is 9.18 Å². The van der Waals surface area contributed by atoms with E-state index >= 15 is 0 Å². The lowest BCUT2D eigenvalue weighted by Gasteiger charge is -2.09. The van der Waals surface area contributed by atoms with Gasteiger partial charge < -0.3 is 11.1 Å². The maximum atomic E-state index is 13.2. The van der Waals surface area contributed by atoms with Crippen molar-refractivity contribution in [3.05, 3.63) is 57.8 Å². The first-order valence-electron chi connectivity index (χ1n) is 5.59. The molecule has 2 aromatic rings. The lowest BCUT2D eigenvalue weighted by molar-refractivity contribution is 0.102. The minimum atomic E-state index is -0.534. The number of nitrogens with two attached hydrogens (primary N) is 1. The number of nitrogen functional groups attached to an aromatic ring is 1. The van der Waals surface area contributed by atoms with Crippen molar-refractivity contribution in [3.8, 4) is 0 Å². The van der Waals surface area contributed by atoms with E-state index in [1.807, 2.05) is 25.1 Å². The molecule has 98 valence electrons. The van der Waals surface area contributed by atoms with E-state index < -0.39 is 11.7 Å². The average Bonchev–Trinajstić information content (AvgIpc) is 2.32. The van der Waals surface area contributed by atoms with Gasteiger partial charge in [-0.1, -0.05) is 6.07 Å². The molecule has 0 heterocycles. The second-order valence-electron chi connectivity index (χ2n) is 4.21. The minimum absolute atomic E-state index is 0.186. The van der Waals surface area contributed by atoms with Crippen LogP contribution in [0, 0.1) is 12.7 Å². The molecule has 19 heavy (non-hydrogen) atoms. The first-order chi connectivity index (χ1) is 8.95. The Labute approximate surface area is 118 Å². The molecule has 0 bridgehead atoms. The summed E-state index contributed by atoms with van der Waals surface area (Å²) in [5.74, 6) is -0.939. The summed E-state index contributed by atoms with van der Waals surface area (Å²) in [5, 5.41) is 2.71. The Morgan fingerprint density at radius 2 is 2.00 bits per heavy atom. The summed E-state index contributed by atoms with van der Waals surface area (Å²) >= 11 is 3.35. The van der Waals surface area contributed by atoms with Crippen LogP contribution in [0.1, 0.15) is 15.9 Å². The Morgan fingerprint density at radius 3 is 2.68 bits per heavy atom. The normalized spacial score (nSPS) is 10.3. The fourth-order valence-electron chi connectivity index (χ4n) is 1.67. The molecule has 0 fully saturated rings. The van der Waals surface area contributed by atoms with E-state index in [4.69, 9.17) is 5.73 Å². The predicted molar refractivity (Wildman–Crippen MR) is 77.6 cm³/mol. The number of nitrogens with one attached hydrogen (secondary N) is 1. The molecule has 5 heteroatoms. The summed E-state index contributed by atoms with van der Waals surface area (Å²) in [6, 6.07) is 9.33. The van der Waals surface area contributed by atoms with Crippen LogP contribution < -0.4 is 11.1 Å². The van der Waals surface area contributed by atoms with Crippen molar-refractivity contribution in [2.45, 2.75) is 6.92 Å². The third-order valence-electron chi connectivity index (χ3n) is 2.55. The van der Waals surface area contributed by atoms with E-state index in [-0.39, 0.29) is 11.3 Å². The zero-order valence-electron chi connectivity index (χ0n) is 10.2. The minimum Gasteiger partial charge on any atom is -0.399 e. The molecule has 0 saturated carbocycles. The summed E-state index contributed by atoms with van der Waals surface area (Å²) in [5.41, 5.74) is 7.56. The number of carbonyl (C=O) groups is 1. The van der Waals surface area contributed by atoms with E-state index in [1.165, 1.54) is 12.1 Å². The third kappa shape index (κ3) is 3.32. The van der Waals surface area contributed by atoms with Gasteiger partial charge in [0.2, 0.25) is 0 Å². The van der Waals surface area contributed by atoms with Gasteiger partial charge in [-0.3, -0.25) is 4.79 Å². The summed E-state index contributed by atoms with van der Waals surface area (Å²) in [6.45, 7) is 1.92. The quantitative estimate of drug-likeness (QED) is 0.828. The molecule has 0 aromatic heterocycles. The van der Waals surface area contributed by atoms with Crippen molar-refractivity contribution in [2.24, 2.45) is 0 Å². The van der Waals surface area contributed by atoms with Crippen molar-refractivity contribution in [1.82, 2.24) is 0 Å². The van der Waals surface area contributed by atoms with Crippen molar-refractivity contribution in [3.63, 3.8) is 0 Å². The highest BCUT2D eigenvalue weighted by Crippen LogP contribution is 2.24. The molecule has 0 radical (unpaired) electrons. The van der Waals surface area contributed by atoms with Crippen LogP contribution in [0.2, 0.25) is 0 Å². The molecule has 0 aliphatic carbocycles. The zero-order valence-corrected chi connectivity index (χ0v) is 11.8. The van der Waals surface area contributed by atoms with Crippen LogP contribution in [-0.4, -0.2) is 5.91 Å². The van der Waals surface area contributed by atoms with Gasteiger partial charge in [-0.2, -0.15) is 0 Å². The van der Waals surface area contributed by atoms with Gasteiger partial charge in [0.25, 0.3) is 5.91 Å². The Bertz CT molecular complexity index is 623. The number of amides is 1. The van der Waals surface area contributed by atoms with Crippen molar-refractivity contribution in [2.75, 3.05) is 11.1 Å². The molecule has 0 unspecified atom stereocenters. The van der Waals surface area contributed by atoms with Gasteiger partial charge >= 0.3 is 0 Å². The molecular formula is C14H12BrFN2O. The number of anilines is 2. The lowest BCUT2D eigenvalue weighted by Crippen LogP contribution is -2.13. The van der Waals surface area contributed by atoms with E-state index in [2.05, 4.69) is 21.2 Å². The largest absolute Gasteiger partial charge is 0.399 e. The molecule has 0 saturated heterocycles. The average molecular weight is 323 g/mol. The summed E-state index contributed by atoms with van der Waals surface area (Å²) in [7, 11) is 0. The molecule has 0 aliphatic rings. The van der Waals surface area contributed by atoms with Gasteiger partial charge in [0.1, 0.15) is 5.82 Å². The number of aryl methyl sites for hydroxylation is 1. The second kappa shape index (κ2) is 5.40. The molecule has 2 rings (SSSR count). The van der Waals surface area contributed by atoms with Crippen LogP contribution in [0.5, 0.6) is 0 Å². The third-order valence-corrected chi connectivity index (χ3v) is 3.24. The molecular weight excluding hydrogens is 311 g/mol. The van der Waals surface area contributed by atoms with Gasteiger partial charge in [0.15, 0.2) is 0 Å². The predicted octanol–water partition coefficient (Wildman–Crippen LogP) is 3.73. The molecule has 1 amide bonds. The Morgan fingerprint density at radius 1 is 1.26 bits per heavy atom. The highest BCUT2D eigenvalue weighted by Gasteiger charge is 2.10. The van der Waals surface area contributed by atoms with Crippen LogP contribution in [0.25, 0.3) is 0 Å². The van der Waals surface area contributed by atoms with Crippen molar-refractivity contribution >= 4 is 33.2 Å². The van der Waals surface area contributed by atoms with Gasteiger partial charge in [-0.15, -0.1) is 0 Å². The molecule has 2 aromatic carbocycles. The number of hydrogen-bond acceptors (Lipinski definition) is 2. The highest BCUT2D eigenvalue weighted by molar-refractivity contribution is 9.10. The van der Waals surface area contributed by atoms with E-state index in [1.54, 1.807) is 0 Å². The first kappa shape index (κ1) is 13.5. The van der Waals surface area contributed by atoms with Crippen LogP contribution in [0.4, 0.5) is 15.8 Å². The number of rotatable bonds is 2. The maximum absolute atomic E-state index is 13.2. The molecule has 0 aliphatic heterocycles. The van der Waals surface area contributed by atoms with E-state index in [9.17, 15) is 9.18 Å². The van der Waals surface area contributed by atoms with Gasteiger partial charge in [-0.25, -0.2) is 4.39 Å². The second-order valence-corrected chi connectivity index (χ2v) is 5.07. The van der Waals surface area contributed by atoms with Crippen LogP contribution in [0.3, 0.4) is 0 Å². The smallest absolute Gasteiger partial charge is 0.255 e. The summed E-state index contributed by atoms with van der Waals surface area (Å²) < 4.78 is 14.0. The fraction of sp³-hybridized carbons (Fsp3) is 0.0714. The molecule has 3 nitrogen and oxygen atoms in total. The number of carbonyl (C=O) groups excluding carboxylic acids is 1. The fourth-order valence-corrected chi connectivity index (χ4v) is 2.02. The zero-order chi connectivity index (χ0) is 14.0. The molecule has 3 N–H and O–H groups in total. The maximum Gasteiger partial charge on any atom is 0.255 e. The van der Waals surface area contributed by atoms with Crippen LogP contribution >= 0.6 is 15.9 Å². The highest BCUT2D eigenvalue weighted by atomic mass is 79.9. The number of hydrogen-bond donors (Lipinski definition) is 2. The Hall–Kier alpha value is -1.88. The van der Waals surface area contributed by atoms with E-state index in [0.717, 1.165) is 16.1 Å². The number of benzene rings is 2. The van der Waals surface area contributed by atoms with E-state index in [0.29, 0.717) is 5.69 Å². The number of halogens is 2. The van der Waals surface area contributed by atoms with Crippen molar-refractivity contribution in [1.29, 1.82) is 0 Å². The van der Waals surface area contributed by atoms with Gasteiger partial charge in [0, 0.05) is 15.7 Å². The first-order valence-corrected chi connectivity index (χ1v) is 6.38. The summed E-state index contributed by atoms with van der Waals surface area (Å²) in [6.07, 6.45) is 0. The Balaban J connectivity index is 2.28.